The normalized spacial score (nSPS) is 21.9. The van der Waals surface area contributed by atoms with Gasteiger partial charge in [-0.05, 0) is 68.5 Å². The Morgan fingerprint density at radius 2 is 1.53 bits per heavy atom. The molecule has 2 amide bonds. The highest BCUT2D eigenvalue weighted by molar-refractivity contribution is 5.97. The van der Waals surface area contributed by atoms with Crippen molar-refractivity contribution >= 4 is 17.5 Å². The molecule has 194 valence electrons. The average Bonchev–Trinajstić information content (AvgIpc) is 2.90. The van der Waals surface area contributed by atoms with Gasteiger partial charge in [0.25, 0.3) is 11.8 Å². The molecule has 6 heteroatoms. The Morgan fingerprint density at radius 3 is 2.28 bits per heavy atom. The van der Waals surface area contributed by atoms with Crippen LogP contribution in [0.15, 0.2) is 48.5 Å². The van der Waals surface area contributed by atoms with Crippen LogP contribution in [0.25, 0.3) is 0 Å². The van der Waals surface area contributed by atoms with Gasteiger partial charge >= 0.3 is 0 Å². The third kappa shape index (κ3) is 6.21. The maximum atomic E-state index is 13.9. The molecule has 0 unspecified atom stereocenters. The van der Waals surface area contributed by atoms with Crippen molar-refractivity contribution in [3.05, 3.63) is 59.7 Å². The van der Waals surface area contributed by atoms with E-state index in [9.17, 15) is 9.59 Å². The SMILES string of the molecule is CN1CCCCCCCN(C(=O)c2ccc(N(C)C)cc2)[C@@H]2CCCC[C@@H]2Oc2ccccc2C1=O. The molecule has 1 aliphatic carbocycles. The van der Waals surface area contributed by atoms with E-state index < -0.39 is 0 Å². The number of hydrogen-bond acceptors (Lipinski definition) is 4. The second kappa shape index (κ2) is 12.3. The first-order valence-corrected chi connectivity index (χ1v) is 13.5. The van der Waals surface area contributed by atoms with Gasteiger partial charge in [0.05, 0.1) is 11.6 Å². The molecule has 0 spiro atoms. The molecule has 0 saturated heterocycles. The van der Waals surface area contributed by atoms with E-state index in [4.69, 9.17) is 4.74 Å². The summed E-state index contributed by atoms with van der Waals surface area (Å²) < 4.78 is 6.61. The molecular weight excluding hydrogens is 450 g/mol. The smallest absolute Gasteiger partial charge is 0.257 e. The number of hydrogen-bond donors (Lipinski definition) is 0. The molecule has 0 aromatic heterocycles. The largest absolute Gasteiger partial charge is 0.487 e. The Morgan fingerprint density at radius 1 is 0.861 bits per heavy atom. The summed E-state index contributed by atoms with van der Waals surface area (Å²) in [6.45, 7) is 1.48. The van der Waals surface area contributed by atoms with Gasteiger partial charge in [-0.2, -0.15) is 0 Å². The first kappa shape index (κ1) is 26.1. The fraction of sp³-hybridized carbons (Fsp3) is 0.533. The lowest BCUT2D eigenvalue weighted by molar-refractivity contribution is 0.0270. The number of anilines is 1. The van der Waals surface area contributed by atoms with Crippen molar-refractivity contribution in [1.82, 2.24) is 9.80 Å². The third-order valence-corrected chi connectivity index (χ3v) is 7.59. The van der Waals surface area contributed by atoms with E-state index in [1.807, 2.05) is 79.5 Å². The van der Waals surface area contributed by atoms with Crippen molar-refractivity contribution in [3.63, 3.8) is 0 Å². The van der Waals surface area contributed by atoms with Gasteiger partial charge in [-0.3, -0.25) is 9.59 Å². The number of amides is 2. The van der Waals surface area contributed by atoms with Crippen LogP contribution in [0.2, 0.25) is 0 Å². The lowest BCUT2D eigenvalue weighted by Gasteiger charge is -2.40. The predicted octanol–water partition coefficient (Wildman–Crippen LogP) is 5.62. The van der Waals surface area contributed by atoms with Crippen LogP contribution >= 0.6 is 0 Å². The molecule has 1 aliphatic heterocycles. The van der Waals surface area contributed by atoms with Crippen molar-refractivity contribution < 1.29 is 14.3 Å². The maximum Gasteiger partial charge on any atom is 0.257 e. The van der Waals surface area contributed by atoms with Crippen LogP contribution in [0.4, 0.5) is 5.69 Å². The van der Waals surface area contributed by atoms with E-state index in [2.05, 4.69) is 4.90 Å². The molecule has 6 nitrogen and oxygen atoms in total. The number of fused-ring (bicyclic) bond motifs is 2. The summed E-state index contributed by atoms with van der Waals surface area (Å²) in [7, 11) is 5.89. The maximum absolute atomic E-state index is 13.9. The lowest BCUT2D eigenvalue weighted by Crippen LogP contribution is -2.51. The van der Waals surface area contributed by atoms with Gasteiger partial charge in [0, 0.05) is 45.5 Å². The second-order valence-electron chi connectivity index (χ2n) is 10.4. The predicted molar refractivity (Wildman–Crippen MR) is 145 cm³/mol. The van der Waals surface area contributed by atoms with Gasteiger partial charge in [-0.1, -0.05) is 37.8 Å². The minimum Gasteiger partial charge on any atom is -0.487 e. The molecule has 1 heterocycles. The van der Waals surface area contributed by atoms with E-state index in [1.165, 1.54) is 0 Å². The number of rotatable bonds is 2. The number of para-hydroxylation sites is 1. The van der Waals surface area contributed by atoms with E-state index in [0.717, 1.165) is 82.1 Å². The highest BCUT2D eigenvalue weighted by Crippen LogP contribution is 2.31. The topological polar surface area (TPSA) is 53.1 Å². The molecular formula is C30H41N3O3. The Kier molecular flexibility index (Phi) is 8.89. The summed E-state index contributed by atoms with van der Waals surface area (Å²) in [5.74, 6) is 0.708. The van der Waals surface area contributed by atoms with Crippen LogP contribution in [-0.2, 0) is 0 Å². The highest BCUT2D eigenvalue weighted by atomic mass is 16.5. The number of carbonyl (C=O) groups is 2. The quantitative estimate of drug-likeness (QED) is 0.547. The van der Waals surface area contributed by atoms with Crippen molar-refractivity contribution in [2.75, 3.05) is 39.1 Å². The van der Waals surface area contributed by atoms with Gasteiger partial charge in [0.1, 0.15) is 11.9 Å². The van der Waals surface area contributed by atoms with Crippen LogP contribution in [0, 0.1) is 0 Å². The van der Waals surface area contributed by atoms with Crippen LogP contribution < -0.4 is 9.64 Å². The molecule has 2 aliphatic rings. The zero-order chi connectivity index (χ0) is 25.5. The fourth-order valence-electron chi connectivity index (χ4n) is 5.44. The second-order valence-corrected chi connectivity index (χ2v) is 10.4. The molecule has 0 N–H and O–H groups in total. The van der Waals surface area contributed by atoms with Crippen molar-refractivity contribution in [3.8, 4) is 5.75 Å². The standard InChI is InChI=1S/C30H41N3O3/c1-31(2)24-19-17-23(18-20-24)29(34)33-22-12-6-4-5-11-21-32(3)30(35)25-13-7-9-15-27(25)36-28-16-10-8-14-26(28)33/h7,9,13,15,17-20,26,28H,4-6,8,10-12,14,16,21-22H2,1-3H3/t26-,28+/m1/s1. The Bertz CT molecular complexity index is 1020. The molecule has 4 rings (SSSR count). The Balaban J connectivity index is 1.65. The molecule has 0 radical (unpaired) electrons. The zero-order valence-electron chi connectivity index (χ0n) is 22.1. The monoisotopic (exact) mass is 491 g/mol. The van der Waals surface area contributed by atoms with Gasteiger partial charge in [0.15, 0.2) is 0 Å². The van der Waals surface area contributed by atoms with E-state index >= 15 is 0 Å². The first-order valence-electron chi connectivity index (χ1n) is 13.5. The van der Waals surface area contributed by atoms with E-state index in [1.54, 1.807) is 0 Å². The number of carbonyl (C=O) groups excluding carboxylic acids is 2. The summed E-state index contributed by atoms with van der Waals surface area (Å²) in [5.41, 5.74) is 2.41. The molecule has 1 fully saturated rings. The Hall–Kier alpha value is -3.02. The van der Waals surface area contributed by atoms with Gasteiger partial charge < -0.3 is 19.4 Å². The summed E-state index contributed by atoms with van der Waals surface area (Å²) in [5, 5.41) is 0. The van der Waals surface area contributed by atoms with Crippen LogP contribution in [0.3, 0.4) is 0 Å². The summed E-state index contributed by atoms with van der Waals surface area (Å²) in [6.07, 6.45) is 9.06. The van der Waals surface area contributed by atoms with Gasteiger partial charge in [-0.15, -0.1) is 0 Å². The number of ether oxygens (including phenoxy) is 1. The minimum atomic E-state index is -0.131. The van der Waals surface area contributed by atoms with Crippen LogP contribution in [0.5, 0.6) is 5.75 Å². The minimum absolute atomic E-state index is 0.00162. The molecule has 2 aromatic carbocycles. The summed E-state index contributed by atoms with van der Waals surface area (Å²) in [4.78, 5) is 33.0. The van der Waals surface area contributed by atoms with Gasteiger partial charge in [0.2, 0.25) is 0 Å². The van der Waals surface area contributed by atoms with E-state index in [-0.39, 0.29) is 24.0 Å². The Labute approximate surface area is 216 Å². The fourth-order valence-corrected chi connectivity index (χ4v) is 5.44. The zero-order valence-corrected chi connectivity index (χ0v) is 22.1. The molecule has 2 atom stereocenters. The lowest BCUT2D eigenvalue weighted by atomic mass is 9.90. The van der Waals surface area contributed by atoms with Gasteiger partial charge in [-0.25, -0.2) is 0 Å². The molecule has 0 bridgehead atoms. The number of benzene rings is 2. The van der Waals surface area contributed by atoms with Crippen molar-refractivity contribution in [2.45, 2.75) is 69.9 Å². The summed E-state index contributed by atoms with van der Waals surface area (Å²) in [6, 6.07) is 15.5. The third-order valence-electron chi connectivity index (χ3n) is 7.59. The molecule has 36 heavy (non-hydrogen) atoms. The van der Waals surface area contributed by atoms with Crippen molar-refractivity contribution in [2.24, 2.45) is 0 Å². The summed E-state index contributed by atoms with van der Waals surface area (Å²) >= 11 is 0. The van der Waals surface area contributed by atoms with Crippen LogP contribution in [-0.4, -0.2) is 68.0 Å². The first-order chi connectivity index (χ1) is 17.5. The molecule has 2 aromatic rings. The molecule has 1 saturated carbocycles. The van der Waals surface area contributed by atoms with E-state index in [0.29, 0.717) is 11.3 Å². The average molecular weight is 492 g/mol. The van der Waals surface area contributed by atoms with Crippen molar-refractivity contribution in [1.29, 1.82) is 0 Å². The highest BCUT2D eigenvalue weighted by Gasteiger charge is 2.35. The number of nitrogens with zero attached hydrogens (tertiary/aromatic N) is 3. The van der Waals surface area contributed by atoms with Crippen LogP contribution in [0.1, 0.15) is 78.5 Å².